The van der Waals surface area contributed by atoms with Crippen molar-refractivity contribution in [2.24, 2.45) is 0 Å². The number of aldehydes is 1. The Labute approximate surface area is 93.6 Å². The first-order chi connectivity index (χ1) is 7.17. The quantitative estimate of drug-likeness (QED) is 0.422. The van der Waals surface area contributed by atoms with E-state index in [1.54, 1.807) is 0 Å². The maximum absolute atomic E-state index is 11.3. The molecule has 0 N–H and O–H groups in total. The van der Waals surface area contributed by atoms with Crippen LogP contribution in [0.4, 0.5) is 0 Å². The highest BCUT2D eigenvalue weighted by atomic mass is 16.1. The van der Waals surface area contributed by atoms with E-state index in [-0.39, 0.29) is 11.7 Å². The van der Waals surface area contributed by atoms with Gasteiger partial charge >= 0.3 is 0 Å². The third kappa shape index (κ3) is 5.72. The first-order valence-electron chi connectivity index (χ1n) is 5.64. The third-order valence-electron chi connectivity index (χ3n) is 2.35. The summed E-state index contributed by atoms with van der Waals surface area (Å²) in [5.41, 5.74) is -0.321. The minimum absolute atomic E-state index is 0.282. The van der Waals surface area contributed by atoms with Gasteiger partial charge in [0.1, 0.15) is 6.29 Å². The van der Waals surface area contributed by atoms with Crippen molar-refractivity contribution < 1.29 is 9.59 Å². The fourth-order valence-corrected chi connectivity index (χ4v) is 1.73. The van der Waals surface area contributed by atoms with Crippen LogP contribution in [0.3, 0.4) is 0 Å². The van der Waals surface area contributed by atoms with Gasteiger partial charge in [0.25, 0.3) is 0 Å². The van der Waals surface area contributed by atoms with E-state index in [1.165, 1.54) is 0 Å². The summed E-state index contributed by atoms with van der Waals surface area (Å²) in [6, 6.07) is -0.282. The maximum atomic E-state index is 11.3. The predicted molar refractivity (Wildman–Crippen MR) is 62.0 cm³/mol. The van der Waals surface area contributed by atoms with Gasteiger partial charge in [0.15, 0.2) is 7.85 Å². The highest BCUT2D eigenvalue weighted by molar-refractivity contribution is 6.59. The molecule has 0 aliphatic heterocycles. The Kier molecular flexibility index (Phi) is 8.29. The monoisotopic (exact) mass is 209 g/mol. The van der Waals surface area contributed by atoms with Crippen LogP contribution in [0.25, 0.3) is 0 Å². The van der Waals surface area contributed by atoms with Gasteiger partial charge in [0, 0.05) is 6.42 Å². The normalized spacial score (nSPS) is 12.7. The smallest absolute Gasteiger partial charge is 0.170 e. The molecule has 15 heavy (non-hydrogen) atoms. The first-order valence-corrected chi connectivity index (χ1v) is 5.64. The lowest BCUT2D eigenvalue weighted by Crippen LogP contribution is -2.42. The second kappa shape index (κ2) is 8.66. The van der Waals surface area contributed by atoms with Crippen molar-refractivity contribution in [1.29, 1.82) is 0 Å². The molecule has 0 aromatic carbocycles. The Balaban J connectivity index is 4.36. The molecule has 0 aromatic heterocycles. The molecule has 0 rings (SSSR count). The molecule has 1 atom stereocenters. The van der Waals surface area contributed by atoms with Crippen molar-refractivity contribution >= 4 is 19.8 Å². The number of rotatable bonds is 9. The molecule has 3 nitrogen and oxygen atoms in total. The molecule has 0 aliphatic carbocycles. The van der Waals surface area contributed by atoms with Crippen LogP contribution in [0.15, 0.2) is 0 Å². The van der Waals surface area contributed by atoms with Crippen molar-refractivity contribution in [2.45, 2.75) is 45.6 Å². The lowest BCUT2D eigenvalue weighted by atomic mass is 9.90. The summed E-state index contributed by atoms with van der Waals surface area (Å²) in [6.07, 6.45) is 3.76. The average molecular weight is 209 g/mol. The molecule has 0 amide bonds. The summed E-state index contributed by atoms with van der Waals surface area (Å²) in [6.45, 7) is 5.86. The molecule has 0 aromatic rings. The SMILES string of the molecule is [B]C(=O)C(CCC=O)N(CCC)CCC. The average Bonchev–Trinajstić information content (AvgIpc) is 2.18. The molecule has 2 radical (unpaired) electrons. The van der Waals surface area contributed by atoms with Crippen LogP contribution in [0.1, 0.15) is 39.5 Å². The van der Waals surface area contributed by atoms with Gasteiger partial charge in [-0.2, -0.15) is 0 Å². The van der Waals surface area contributed by atoms with Crippen molar-refractivity contribution in [3.63, 3.8) is 0 Å². The molecule has 84 valence electrons. The molecule has 0 aliphatic rings. The zero-order chi connectivity index (χ0) is 11.7. The van der Waals surface area contributed by atoms with Crippen molar-refractivity contribution in [1.82, 2.24) is 4.90 Å². The first kappa shape index (κ1) is 14.4. The van der Waals surface area contributed by atoms with Gasteiger partial charge < -0.3 is 9.59 Å². The summed E-state index contributed by atoms with van der Waals surface area (Å²) in [5, 5.41) is 0. The van der Waals surface area contributed by atoms with Gasteiger partial charge in [-0.25, -0.2) is 0 Å². The van der Waals surface area contributed by atoms with Gasteiger partial charge in [0.2, 0.25) is 0 Å². The maximum Gasteiger partial charge on any atom is 0.170 e. The highest BCUT2D eigenvalue weighted by Crippen LogP contribution is 2.08. The molecule has 0 spiro atoms. The summed E-state index contributed by atoms with van der Waals surface area (Å²) >= 11 is 0. The fraction of sp³-hybridized carbons (Fsp3) is 0.818. The lowest BCUT2D eigenvalue weighted by Gasteiger charge is -2.29. The van der Waals surface area contributed by atoms with E-state index in [9.17, 15) is 9.59 Å². The Bertz CT molecular complexity index is 191. The fourth-order valence-electron chi connectivity index (χ4n) is 1.73. The van der Waals surface area contributed by atoms with Crippen molar-refractivity contribution in [3.8, 4) is 0 Å². The van der Waals surface area contributed by atoms with Crippen LogP contribution < -0.4 is 0 Å². The highest BCUT2D eigenvalue weighted by Gasteiger charge is 2.20. The van der Waals surface area contributed by atoms with E-state index in [4.69, 9.17) is 7.85 Å². The second-order valence-electron chi connectivity index (χ2n) is 3.70. The van der Waals surface area contributed by atoms with Crippen LogP contribution in [-0.2, 0) is 9.59 Å². The molecule has 0 bridgehead atoms. The summed E-state index contributed by atoms with van der Waals surface area (Å²) in [7, 11) is 5.34. The van der Waals surface area contributed by atoms with E-state index in [2.05, 4.69) is 18.7 Å². The largest absolute Gasteiger partial charge is 0.311 e. The van der Waals surface area contributed by atoms with Crippen molar-refractivity contribution in [3.05, 3.63) is 0 Å². The van der Waals surface area contributed by atoms with Gasteiger partial charge in [-0.3, -0.25) is 4.90 Å². The van der Waals surface area contributed by atoms with Gasteiger partial charge in [-0.1, -0.05) is 13.8 Å². The molecular formula is C11H20BNO2. The standard InChI is InChI=1S/C11H20BNO2/c1-3-7-13(8-4-2)10(11(12)15)6-5-9-14/h9-10H,3-8H2,1-2H3. The van der Waals surface area contributed by atoms with Crippen LogP contribution in [-0.4, -0.2) is 43.8 Å². The summed E-state index contributed by atoms with van der Waals surface area (Å²) < 4.78 is 0. The zero-order valence-corrected chi connectivity index (χ0v) is 9.74. The molecule has 0 saturated carbocycles. The van der Waals surface area contributed by atoms with Crippen LogP contribution in [0.5, 0.6) is 0 Å². The Morgan fingerprint density at radius 2 is 1.87 bits per heavy atom. The Morgan fingerprint density at radius 1 is 1.33 bits per heavy atom. The van der Waals surface area contributed by atoms with E-state index < -0.39 is 0 Å². The topological polar surface area (TPSA) is 37.4 Å². The number of hydrogen-bond donors (Lipinski definition) is 0. The lowest BCUT2D eigenvalue weighted by molar-refractivity contribution is -0.117. The molecule has 0 fully saturated rings. The molecule has 0 heterocycles. The number of nitrogens with zero attached hydrogens (tertiary/aromatic N) is 1. The van der Waals surface area contributed by atoms with E-state index >= 15 is 0 Å². The summed E-state index contributed by atoms with van der Waals surface area (Å²) in [4.78, 5) is 23.6. The van der Waals surface area contributed by atoms with Crippen molar-refractivity contribution in [2.75, 3.05) is 13.1 Å². The number of carbonyl (C=O) groups is 2. The third-order valence-corrected chi connectivity index (χ3v) is 2.35. The minimum atomic E-state index is -0.321. The number of hydrogen-bond acceptors (Lipinski definition) is 3. The molecule has 1 unspecified atom stereocenters. The molecular weight excluding hydrogens is 189 g/mol. The molecule has 0 saturated heterocycles. The van der Waals surface area contributed by atoms with E-state index in [0.29, 0.717) is 12.8 Å². The number of carbonyl (C=O) groups excluding carboxylic acids is 2. The zero-order valence-electron chi connectivity index (χ0n) is 9.74. The van der Waals surface area contributed by atoms with Crippen LogP contribution in [0.2, 0.25) is 0 Å². The Morgan fingerprint density at radius 3 is 2.20 bits per heavy atom. The predicted octanol–water partition coefficient (Wildman–Crippen LogP) is 1.15. The van der Waals surface area contributed by atoms with Crippen LogP contribution >= 0.6 is 0 Å². The van der Waals surface area contributed by atoms with E-state index in [0.717, 1.165) is 32.2 Å². The van der Waals surface area contributed by atoms with Gasteiger partial charge in [-0.05, 0) is 32.4 Å². The van der Waals surface area contributed by atoms with Gasteiger partial charge in [0.05, 0.1) is 11.7 Å². The van der Waals surface area contributed by atoms with Crippen LogP contribution in [0, 0.1) is 0 Å². The van der Waals surface area contributed by atoms with Gasteiger partial charge in [-0.15, -0.1) is 0 Å². The minimum Gasteiger partial charge on any atom is -0.311 e. The second-order valence-corrected chi connectivity index (χ2v) is 3.70. The van der Waals surface area contributed by atoms with E-state index in [1.807, 2.05) is 0 Å². The summed E-state index contributed by atoms with van der Waals surface area (Å²) in [5.74, 6) is 0. The molecule has 4 heteroatoms. The Hall–Kier alpha value is -0.635.